The standard InChI is InChI=1S/C11H12ClNO2/c12-9-3-2-8-6-11(15)13(4-1-5-14)10(8)7-9/h2-3,7,14H,1,4-6H2. The molecule has 15 heavy (non-hydrogen) atoms. The van der Waals surface area contributed by atoms with Gasteiger partial charge in [0.05, 0.1) is 6.42 Å². The predicted molar refractivity (Wildman–Crippen MR) is 59.2 cm³/mol. The van der Waals surface area contributed by atoms with Crippen LogP contribution in [-0.2, 0) is 11.2 Å². The molecule has 80 valence electrons. The number of nitrogens with zero attached hydrogens (tertiary/aromatic N) is 1. The van der Waals surface area contributed by atoms with Crippen LogP contribution < -0.4 is 4.90 Å². The quantitative estimate of drug-likeness (QED) is 0.849. The molecular weight excluding hydrogens is 214 g/mol. The van der Waals surface area contributed by atoms with E-state index < -0.39 is 0 Å². The highest BCUT2D eigenvalue weighted by Crippen LogP contribution is 2.31. The van der Waals surface area contributed by atoms with Gasteiger partial charge >= 0.3 is 0 Å². The second-order valence-electron chi connectivity index (χ2n) is 3.57. The Morgan fingerprint density at radius 1 is 1.47 bits per heavy atom. The van der Waals surface area contributed by atoms with Crippen molar-refractivity contribution < 1.29 is 9.90 Å². The molecule has 0 aliphatic carbocycles. The molecule has 3 nitrogen and oxygen atoms in total. The highest BCUT2D eigenvalue weighted by Gasteiger charge is 2.26. The smallest absolute Gasteiger partial charge is 0.231 e. The third-order valence-corrected chi connectivity index (χ3v) is 2.76. The molecule has 0 unspecified atom stereocenters. The first-order chi connectivity index (χ1) is 7.22. The Hall–Kier alpha value is -1.06. The fourth-order valence-electron chi connectivity index (χ4n) is 1.80. The van der Waals surface area contributed by atoms with E-state index in [1.807, 2.05) is 6.07 Å². The maximum Gasteiger partial charge on any atom is 0.231 e. The van der Waals surface area contributed by atoms with Crippen LogP contribution in [0.25, 0.3) is 0 Å². The van der Waals surface area contributed by atoms with Crippen molar-refractivity contribution in [2.75, 3.05) is 18.1 Å². The Morgan fingerprint density at radius 3 is 3.00 bits per heavy atom. The zero-order valence-electron chi connectivity index (χ0n) is 8.24. The minimum absolute atomic E-state index is 0.0840. The highest BCUT2D eigenvalue weighted by atomic mass is 35.5. The van der Waals surface area contributed by atoms with Gasteiger partial charge in [-0.2, -0.15) is 0 Å². The van der Waals surface area contributed by atoms with Crippen LogP contribution in [0.1, 0.15) is 12.0 Å². The largest absolute Gasteiger partial charge is 0.396 e. The first kappa shape index (κ1) is 10.5. The summed E-state index contributed by atoms with van der Waals surface area (Å²) in [5.41, 5.74) is 1.91. The average Bonchev–Trinajstić information content (AvgIpc) is 2.51. The number of benzene rings is 1. The normalized spacial score (nSPS) is 14.5. The number of hydrogen-bond acceptors (Lipinski definition) is 2. The number of anilines is 1. The van der Waals surface area contributed by atoms with E-state index in [-0.39, 0.29) is 12.5 Å². The number of aliphatic hydroxyl groups excluding tert-OH is 1. The summed E-state index contributed by atoms with van der Waals surface area (Å²) in [7, 11) is 0. The van der Waals surface area contributed by atoms with Crippen molar-refractivity contribution in [1.82, 2.24) is 0 Å². The first-order valence-corrected chi connectivity index (χ1v) is 5.30. The Bertz CT molecular complexity index is 392. The first-order valence-electron chi connectivity index (χ1n) is 4.92. The lowest BCUT2D eigenvalue weighted by Gasteiger charge is -2.16. The lowest BCUT2D eigenvalue weighted by molar-refractivity contribution is -0.117. The van der Waals surface area contributed by atoms with E-state index in [1.54, 1.807) is 17.0 Å². The molecule has 0 bridgehead atoms. The minimum atomic E-state index is 0.0840. The summed E-state index contributed by atoms with van der Waals surface area (Å²) in [5, 5.41) is 9.39. The van der Waals surface area contributed by atoms with Crippen molar-refractivity contribution >= 4 is 23.2 Å². The molecule has 2 rings (SSSR count). The number of rotatable bonds is 3. The van der Waals surface area contributed by atoms with Gasteiger partial charge in [0.15, 0.2) is 0 Å². The van der Waals surface area contributed by atoms with Crippen LogP contribution in [0.5, 0.6) is 0 Å². The van der Waals surface area contributed by atoms with Gasteiger partial charge in [-0.1, -0.05) is 17.7 Å². The number of carbonyl (C=O) groups excluding carboxylic acids is 1. The molecular formula is C11H12ClNO2. The van der Waals surface area contributed by atoms with Crippen molar-refractivity contribution in [1.29, 1.82) is 0 Å². The summed E-state index contributed by atoms with van der Waals surface area (Å²) in [5.74, 6) is 0.0840. The van der Waals surface area contributed by atoms with Gasteiger partial charge in [-0.05, 0) is 24.1 Å². The Kier molecular flexibility index (Phi) is 2.93. The molecule has 1 heterocycles. The van der Waals surface area contributed by atoms with Gasteiger partial charge < -0.3 is 10.0 Å². The number of hydrogen-bond donors (Lipinski definition) is 1. The van der Waals surface area contributed by atoms with Gasteiger partial charge in [-0.25, -0.2) is 0 Å². The summed E-state index contributed by atoms with van der Waals surface area (Å²) in [4.78, 5) is 13.3. The van der Waals surface area contributed by atoms with Gasteiger partial charge in [0.2, 0.25) is 5.91 Å². The van der Waals surface area contributed by atoms with E-state index in [1.165, 1.54) is 0 Å². The molecule has 0 radical (unpaired) electrons. The van der Waals surface area contributed by atoms with Crippen LogP contribution in [-0.4, -0.2) is 24.2 Å². The second kappa shape index (κ2) is 4.21. The Morgan fingerprint density at radius 2 is 2.27 bits per heavy atom. The molecule has 1 aromatic carbocycles. The number of amides is 1. The van der Waals surface area contributed by atoms with Gasteiger partial charge in [-0.15, -0.1) is 0 Å². The summed E-state index contributed by atoms with van der Waals surface area (Å²) in [6.07, 6.45) is 1.04. The van der Waals surface area contributed by atoms with Gasteiger partial charge in [0.25, 0.3) is 0 Å². The van der Waals surface area contributed by atoms with Crippen LogP contribution in [0.2, 0.25) is 5.02 Å². The average molecular weight is 226 g/mol. The van der Waals surface area contributed by atoms with Crippen molar-refractivity contribution in [2.45, 2.75) is 12.8 Å². The molecule has 4 heteroatoms. The third-order valence-electron chi connectivity index (χ3n) is 2.52. The maximum absolute atomic E-state index is 11.6. The molecule has 0 aromatic heterocycles. The molecule has 1 N–H and O–H groups in total. The minimum Gasteiger partial charge on any atom is -0.396 e. The lowest BCUT2D eigenvalue weighted by atomic mass is 10.2. The van der Waals surface area contributed by atoms with Crippen molar-refractivity contribution in [3.8, 4) is 0 Å². The van der Waals surface area contributed by atoms with Crippen LogP contribution in [0.15, 0.2) is 18.2 Å². The van der Waals surface area contributed by atoms with Crippen LogP contribution >= 0.6 is 11.6 Å². The van der Waals surface area contributed by atoms with E-state index in [9.17, 15) is 4.79 Å². The molecule has 1 amide bonds. The third kappa shape index (κ3) is 1.98. The van der Waals surface area contributed by atoms with Crippen molar-refractivity contribution in [3.63, 3.8) is 0 Å². The second-order valence-corrected chi connectivity index (χ2v) is 4.01. The Balaban J connectivity index is 2.27. The fourth-order valence-corrected chi connectivity index (χ4v) is 1.97. The number of fused-ring (bicyclic) bond motifs is 1. The van der Waals surface area contributed by atoms with Gasteiger partial charge in [-0.3, -0.25) is 4.79 Å². The van der Waals surface area contributed by atoms with E-state index in [0.29, 0.717) is 24.4 Å². The fraction of sp³-hybridized carbons (Fsp3) is 0.364. The summed E-state index contributed by atoms with van der Waals surface area (Å²) in [6.45, 7) is 0.655. The Labute approximate surface area is 93.3 Å². The van der Waals surface area contributed by atoms with Crippen molar-refractivity contribution in [3.05, 3.63) is 28.8 Å². The van der Waals surface area contributed by atoms with E-state index in [2.05, 4.69) is 0 Å². The van der Waals surface area contributed by atoms with Crippen LogP contribution in [0.4, 0.5) is 5.69 Å². The molecule has 0 saturated carbocycles. The van der Waals surface area contributed by atoms with E-state index in [4.69, 9.17) is 16.7 Å². The molecule has 0 atom stereocenters. The molecule has 0 fully saturated rings. The van der Waals surface area contributed by atoms with Crippen LogP contribution in [0, 0.1) is 0 Å². The molecule has 0 saturated heterocycles. The maximum atomic E-state index is 11.6. The summed E-state index contributed by atoms with van der Waals surface area (Å²) in [6, 6.07) is 5.48. The lowest BCUT2D eigenvalue weighted by Crippen LogP contribution is -2.28. The van der Waals surface area contributed by atoms with Crippen LogP contribution in [0.3, 0.4) is 0 Å². The number of carbonyl (C=O) groups is 1. The topological polar surface area (TPSA) is 40.5 Å². The monoisotopic (exact) mass is 225 g/mol. The zero-order chi connectivity index (χ0) is 10.8. The number of halogens is 1. The van der Waals surface area contributed by atoms with Crippen molar-refractivity contribution in [2.24, 2.45) is 0 Å². The molecule has 1 aliphatic rings. The summed E-state index contributed by atoms with van der Waals surface area (Å²) >= 11 is 5.88. The predicted octanol–water partition coefficient (Wildman–Crippen LogP) is 1.61. The molecule has 0 spiro atoms. The molecule has 1 aromatic rings. The zero-order valence-corrected chi connectivity index (χ0v) is 9.00. The highest BCUT2D eigenvalue weighted by molar-refractivity contribution is 6.31. The van der Waals surface area contributed by atoms with Gasteiger partial charge in [0, 0.05) is 23.9 Å². The van der Waals surface area contributed by atoms with E-state index >= 15 is 0 Å². The number of aliphatic hydroxyl groups is 1. The summed E-state index contributed by atoms with van der Waals surface area (Å²) < 4.78 is 0. The van der Waals surface area contributed by atoms with E-state index in [0.717, 1.165) is 11.3 Å². The SMILES string of the molecule is O=C1Cc2ccc(Cl)cc2N1CCCO. The molecule has 1 aliphatic heterocycles. The van der Waals surface area contributed by atoms with Gasteiger partial charge in [0.1, 0.15) is 0 Å².